The lowest BCUT2D eigenvalue weighted by Gasteiger charge is -2.16. The number of nitrogens with zero attached hydrogens (tertiary/aromatic N) is 2. The summed E-state index contributed by atoms with van der Waals surface area (Å²) >= 11 is 0. The van der Waals surface area contributed by atoms with E-state index in [2.05, 4.69) is 15.7 Å². The average molecular weight is 426 g/mol. The molecule has 0 bridgehead atoms. The van der Waals surface area contributed by atoms with Gasteiger partial charge in [0.1, 0.15) is 0 Å². The monoisotopic (exact) mass is 426 g/mol. The summed E-state index contributed by atoms with van der Waals surface area (Å²) in [6.45, 7) is 1.90. The highest BCUT2D eigenvalue weighted by molar-refractivity contribution is 6.13. The van der Waals surface area contributed by atoms with Gasteiger partial charge in [-0.15, -0.1) is 0 Å². The minimum Gasteiger partial charge on any atom is -0.345 e. The predicted molar refractivity (Wildman–Crippen MR) is 124 cm³/mol. The fraction of sp³-hybridized carbons (Fsp3) is 0.120. The molecule has 0 saturated heterocycles. The van der Waals surface area contributed by atoms with E-state index in [1.807, 2.05) is 37.3 Å². The molecule has 160 valence electrons. The van der Waals surface area contributed by atoms with Gasteiger partial charge in [-0.2, -0.15) is 5.10 Å². The minimum atomic E-state index is -0.506. The zero-order chi connectivity index (χ0) is 22.7. The van der Waals surface area contributed by atoms with Crippen LogP contribution in [0.1, 0.15) is 39.4 Å². The number of rotatable bonds is 5. The maximum absolute atomic E-state index is 13.1. The largest absolute Gasteiger partial charge is 0.345 e. The Kier molecular flexibility index (Phi) is 5.81. The smallest absolute Gasteiger partial charge is 0.276 e. The lowest BCUT2D eigenvalue weighted by molar-refractivity contribution is 0.0941. The Morgan fingerprint density at radius 1 is 0.844 bits per heavy atom. The Labute approximate surface area is 184 Å². The number of hydrogen-bond donors (Lipinski definition) is 2. The molecule has 0 saturated carbocycles. The van der Waals surface area contributed by atoms with E-state index in [9.17, 15) is 14.4 Å². The Morgan fingerprint density at radius 3 is 2.22 bits per heavy atom. The fourth-order valence-electron chi connectivity index (χ4n) is 3.54. The van der Waals surface area contributed by atoms with E-state index in [0.29, 0.717) is 22.0 Å². The molecule has 1 atom stereocenters. The van der Waals surface area contributed by atoms with Crippen LogP contribution >= 0.6 is 0 Å². The summed E-state index contributed by atoms with van der Waals surface area (Å²) in [4.78, 5) is 38.4. The molecular formula is C25H22N4O3. The quantitative estimate of drug-likeness (QED) is 0.509. The van der Waals surface area contributed by atoms with Crippen molar-refractivity contribution in [1.29, 1.82) is 0 Å². The van der Waals surface area contributed by atoms with Gasteiger partial charge in [0.25, 0.3) is 17.4 Å². The summed E-state index contributed by atoms with van der Waals surface area (Å²) in [5, 5.41) is 10.7. The van der Waals surface area contributed by atoms with Gasteiger partial charge in [0.2, 0.25) is 0 Å². The second kappa shape index (κ2) is 8.85. The molecule has 2 amide bonds. The SMILES string of the molecule is C[C@H](NC(=O)c1ccccc1NC(=O)c1nn(C)c(=O)c2ccccc12)c1ccccc1. The number of carbonyl (C=O) groups is 2. The Balaban J connectivity index is 1.62. The summed E-state index contributed by atoms with van der Waals surface area (Å²) in [5.41, 5.74) is 1.48. The van der Waals surface area contributed by atoms with E-state index < -0.39 is 5.91 Å². The number of hydrogen-bond acceptors (Lipinski definition) is 4. The molecule has 7 nitrogen and oxygen atoms in total. The van der Waals surface area contributed by atoms with Crippen molar-refractivity contribution < 1.29 is 9.59 Å². The van der Waals surface area contributed by atoms with E-state index in [1.54, 1.807) is 48.5 Å². The normalized spacial score (nSPS) is 11.7. The van der Waals surface area contributed by atoms with E-state index in [-0.39, 0.29) is 23.2 Å². The van der Waals surface area contributed by atoms with Crippen molar-refractivity contribution in [2.24, 2.45) is 7.05 Å². The lowest BCUT2D eigenvalue weighted by Crippen LogP contribution is -2.29. The second-order valence-corrected chi connectivity index (χ2v) is 7.43. The van der Waals surface area contributed by atoms with Crippen LogP contribution in [-0.4, -0.2) is 21.6 Å². The van der Waals surface area contributed by atoms with E-state index >= 15 is 0 Å². The number of aryl methyl sites for hydroxylation is 1. The third kappa shape index (κ3) is 4.13. The number of amides is 2. The molecule has 4 rings (SSSR count). The Bertz CT molecular complexity index is 1360. The zero-order valence-corrected chi connectivity index (χ0v) is 17.7. The Hall–Kier alpha value is -4.26. The van der Waals surface area contributed by atoms with Gasteiger partial charge in [0.05, 0.1) is 22.7 Å². The first-order valence-corrected chi connectivity index (χ1v) is 10.2. The molecule has 0 spiro atoms. The highest BCUT2D eigenvalue weighted by atomic mass is 16.2. The minimum absolute atomic E-state index is 0.107. The molecule has 0 aliphatic rings. The van der Waals surface area contributed by atoms with E-state index in [1.165, 1.54) is 7.05 Å². The van der Waals surface area contributed by atoms with Crippen LogP contribution in [-0.2, 0) is 7.05 Å². The number of carbonyl (C=O) groups excluding carboxylic acids is 2. The molecule has 2 N–H and O–H groups in total. The third-order valence-electron chi connectivity index (χ3n) is 5.24. The van der Waals surface area contributed by atoms with Crippen LogP contribution in [0, 0.1) is 0 Å². The topological polar surface area (TPSA) is 93.1 Å². The van der Waals surface area contributed by atoms with Crippen LogP contribution in [0.25, 0.3) is 10.8 Å². The number of para-hydroxylation sites is 1. The van der Waals surface area contributed by atoms with Crippen LogP contribution in [0.4, 0.5) is 5.69 Å². The summed E-state index contributed by atoms with van der Waals surface area (Å²) in [6, 6.07) is 23.0. The summed E-state index contributed by atoms with van der Waals surface area (Å²) in [7, 11) is 1.50. The van der Waals surface area contributed by atoms with Crippen molar-refractivity contribution in [3.05, 3.63) is 106 Å². The zero-order valence-electron chi connectivity index (χ0n) is 17.7. The number of anilines is 1. The number of benzene rings is 3. The molecule has 4 aromatic rings. The van der Waals surface area contributed by atoms with Crippen molar-refractivity contribution >= 4 is 28.3 Å². The molecule has 32 heavy (non-hydrogen) atoms. The van der Waals surface area contributed by atoms with Crippen LogP contribution in [0.15, 0.2) is 83.7 Å². The first kappa shape index (κ1) is 21.0. The number of nitrogens with one attached hydrogen (secondary N) is 2. The maximum Gasteiger partial charge on any atom is 0.276 e. The second-order valence-electron chi connectivity index (χ2n) is 7.43. The van der Waals surface area contributed by atoms with Crippen LogP contribution in [0.2, 0.25) is 0 Å². The van der Waals surface area contributed by atoms with E-state index in [0.717, 1.165) is 10.2 Å². The van der Waals surface area contributed by atoms with Crippen LogP contribution < -0.4 is 16.2 Å². The summed E-state index contributed by atoms with van der Waals surface area (Å²) in [5.74, 6) is -0.816. The molecule has 3 aromatic carbocycles. The van der Waals surface area contributed by atoms with Crippen molar-refractivity contribution in [3.63, 3.8) is 0 Å². The van der Waals surface area contributed by atoms with Gasteiger partial charge < -0.3 is 10.6 Å². The van der Waals surface area contributed by atoms with Crippen molar-refractivity contribution in [1.82, 2.24) is 15.1 Å². The molecule has 0 unspecified atom stereocenters. The van der Waals surface area contributed by atoms with Gasteiger partial charge >= 0.3 is 0 Å². The third-order valence-corrected chi connectivity index (χ3v) is 5.24. The molecule has 7 heteroatoms. The molecule has 1 aromatic heterocycles. The summed E-state index contributed by atoms with van der Waals surface area (Å²) in [6.07, 6.45) is 0. The Morgan fingerprint density at radius 2 is 1.47 bits per heavy atom. The number of aromatic nitrogens is 2. The highest BCUT2D eigenvalue weighted by Crippen LogP contribution is 2.20. The van der Waals surface area contributed by atoms with E-state index in [4.69, 9.17) is 0 Å². The van der Waals surface area contributed by atoms with Gasteiger partial charge in [-0.3, -0.25) is 14.4 Å². The van der Waals surface area contributed by atoms with Crippen molar-refractivity contribution in [3.8, 4) is 0 Å². The summed E-state index contributed by atoms with van der Waals surface area (Å²) < 4.78 is 1.14. The molecule has 0 radical (unpaired) electrons. The van der Waals surface area contributed by atoms with Crippen molar-refractivity contribution in [2.75, 3.05) is 5.32 Å². The van der Waals surface area contributed by atoms with Crippen LogP contribution in [0.3, 0.4) is 0 Å². The first-order chi connectivity index (χ1) is 15.5. The fourth-order valence-corrected chi connectivity index (χ4v) is 3.54. The van der Waals surface area contributed by atoms with Gasteiger partial charge in [-0.25, -0.2) is 4.68 Å². The predicted octanol–water partition coefficient (Wildman–Crippen LogP) is 3.68. The first-order valence-electron chi connectivity index (χ1n) is 10.2. The van der Waals surface area contributed by atoms with Gasteiger partial charge in [0.15, 0.2) is 5.69 Å². The van der Waals surface area contributed by atoms with Crippen LogP contribution in [0.5, 0.6) is 0 Å². The van der Waals surface area contributed by atoms with Gasteiger partial charge in [0, 0.05) is 12.4 Å². The van der Waals surface area contributed by atoms with Gasteiger partial charge in [-0.05, 0) is 30.7 Å². The average Bonchev–Trinajstić information content (AvgIpc) is 2.82. The maximum atomic E-state index is 13.1. The molecule has 0 fully saturated rings. The number of fused-ring (bicyclic) bond motifs is 1. The molecular weight excluding hydrogens is 404 g/mol. The lowest BCUT2D eigenvalue weighted by atomic mass is 10.1. The molecule has 0 aliphatic carbocycles. The highest BCUT2D eigenvalue weighted by Gasteiger charge is 2.19. The van der Waals surface area contributed by atoms with Gasteiger partial charge in [-0.1, -0.05) is 60.7 Å². The molecule has 0 aliphatic heterocycles. The molecule has 1 heterocycles. The standard InChI is InChI=1S/C25H22N4O3/c1-16(17-10-4-3-5-11-17)26-23(30)20-14-8-9-15-21(20)27-24(31)22-18-12-6-7-13-19(18)25(32)29(2)28-22/h3-16H,1-2H3,(H,26,30)(H,27,31)/t16-/m0/s1. The van der Waals surface area contributed by atoms with Crippen molar-refractivity contribution in [2.45, 2.75) is 13.0 Å².